The molecule has 0 unspecified atom stereocenters. The van der Waals surface area contributed by atoms with E-state index in [9.17, 15) is 4.79 Å². The number of para-hydroxylation sites is 1. The number of benzene rings is 2. The van der Waals surface area contributed by atoms with E-state index in [0.717, 1.165) is 24.3 Å². The summed E-state index contributed by atoms with van der Waals surface area (Å²) in [6.45, 7) is 3.19. The van der Waals surface area contributed by atoms with Gasteiger partial charge in [0.2, 0.25) is 0 Å². The van der Waals surface area contributed by atoms with Gasteiger partial charge in [0.05, 0.1) is 6.61 Å². The van der Waals surface area contributed by atoms with E-state index in [-0.39, 0.29) is 6.61 Å². The number of rotatable bonds is 17. The van der Waals surface area contributed by atoms with Gasteiger partial charge in [0, 0.05) is 0 Å². The van der Waals surface area contributed by atoms with Crippen LogP contribution in [0, 0.1) is 0 Å². The predicted octanol–water partition coefficient (Wildman–Crippen LogP) is 8.48. The summed E-state index contributed by atoms with van der Waals surface area (Å²) >= 11 is 0. The summed E-state index contributed by atoms with van der Waals surface area (Å²) in [7, 11) is 0. The minimum absolute atomic E-state index is 0.171. The molecule has 0 aliphatic heterocycles. The zero-order valence-electron chi connectivity index (χ0n) is 19.7. The lowest BCUT2D eigenvalue weighted by Crippen LogP contribution is -2.10. The molecule has 0 atom stereocenters. The maximum atomic E-state index is 11.7. The van der Waals surface area contributed by atoms with E-state index in [4.69, 9.17) is 14.2 Å². The highest BCUT2D eigenvalue weighted by Crippen LogP contribution is 2.16. The van der Waals surface area contributed by atoms with Gasteiger partial charge in [-0.1, -0.05) is 108 Å². The molecule has 0 fully saturated rings. The Morgan fingerprint density at radius 3 is 1.81 bits per heavy atom. The first-order chi connectivity index (χ1) is 15.8. The van der Waals surface area contributed by atoms with Crippen LogP contribution in [-0.4, -0.2) is 12.8 Å². The second-order valence-corrected chi connectivity index (χ2v) is 8.34. The van der Waals surface area contributed by atoms with Crippen LogP contribution in [0.25, 0.3) is 0 Å². The van der Waals surface area contributed by atoms with Gasteiger partial charge in [-0.2, -0.15) is 0 Å². The molecule has 2 rings (SSSR count). The lowest BCUT2D eigenvalue weighted by Gasteiger charge is -2.08. The number of carbonyl (C=O) groups is 1. The maximum Gasteiger partial charge on any atom is 0.514 e. The van der Waals surface area contributed by atoms with Crippen molar-refractivity contribution in [3.63, 3.8) is 0 Å². The summed E-state index contributed by atoms with van der Waals surface area (Å²) in [5.74, 6) is 1.32. The Hall–Kier alpha value is -2.49. The van der Waals surface area contributed by atoms with Crippen molar-refractivity contribution < 1.29 is 19.0 Å². The van der Waals surface area contributed by atoms with Crippen LogP contribution in [0.4, 0.5) is 4.79 Å². The van der Waals surface area contributed by atoms with Crippen molar-refractivity contribution >= 4 is 6.16 Å². The molecule has 0 spiro atoms. The van der Waals surface area contributed by atoms with E-state index >= 15 is 0 Å². The van der Waals surface area contributed by atoms with Crippen LogP contribution in [0.2, 0.25) is 0 Å². The molecule has 0 saturated heterocycles. The van der Waals surface area contributed by atoms with Gasteiger partial charge < -0.3 is 14.2 Å². The highest BCUT2D eigenvalue weighted by Gasteiger charge is 2.06. The molecule has 176 valence electrons. The van der Waals surface area contributed by atoms with Gasteiger partial charge in [-0.05, 0) is 36.2 Å². The molecular formula is C28H40O4. The molecule has 0 amide bonds. The largest absolute Gasteiger partial charge is 0.514 e. The van der Waals surface area contributed by atoms with Crippen LogP contribution in [0.3, 0.4) is 0 Å². The molecule has 4 heteroatoms. The van der Waals surface area contributed by atoms with Crippen molar-refractivity contribution in [3.8, 4) is 11.5 Å². The topological polar surface area (TPSA) is 44.8 Å². The van der Waals surface area contributed by atoms with Gasteiger partial charge in [-0.3, -0.25) is 0 Å². The second kappa shape index (κ2) is 17.1. The Balaban J connectivity index is 1.45. The summed E-state index contributed by atoms with van der Waals surface area (Å²) in [4.78, 5) is 11.7. The Morgan fingerprint density at radius 2 is 1.22 bits per heavy atom. The van der Waals surface area contributed by atoms with Crippen LogP contribution >= 0.6 is 0 Å². The molecule has 0 heterocycles. The fourth-order valence-corrected chi connectivity index (χ4v) is 3.57. The van der Waals surface area contributed by atoms with Crippen molar-refractivity contribution in [2.45, 2.75) is 90.6 Å². The Morgan fingerprint density at radius 1 is 0.656 bits per heavy atom. The minimum atomic E-state index is -0.705. The quantitative estimate of drug-likeness (QED) is 0.140. The van der Waals surface area contributed by atoms with Gasteiger partial charge in [-0.25, -0.2) is 4.79 Å². The summed E-state index contributed by atoms with van der Waals surface area (Å²) in [6.07, 6.45) is 15.4. The van der Waals surface area contributed by atoms with Crippen LogP contribution in [0.1, 0.15) is 89.5 Å². The fourth-order valence-electron chi connectivity index (χ4n) is 3.57. The van der Waals surface area contributed by atoms with Crippen LogP contribution in [0.5, 0.6) is 11.5 Å². The molecule has 4 nitrogen and oxygen atoms in total. The first-order valence-electron chi connectivity index (χ1n) is 12.4. The molecule has 32 heavy (non-hydrogen) atoms. The van der Waals surface area contributed by atoms with Gasteiger partial charge in [0.1, 0.15) is 18.1 Å². The molecule has 2 aromatic rings. The summed E-state index contributed by atoms with van der Waals surface area (Å²) in [5, 5.41) is 0. The van der Waals surface area contributed by atoms with Crippen LogP contribution in [-0.2, 0) is 11.3 Å². The lowest BCUT2D eigenvalue weighted by molar-refractivity contribution is 0.0927. The number of unbranched alkanes of at least 4 members (excludes halogenated alkanes) is 11. The summed E-state index contributed by atoms with van der Waals surface area (Å²) < 4.78 is 16.1. The first kappa shape index (κ1) is 25.8. The van der Waals surface area contributed by atoms with Crippen molar-refractivity contribution in [1.29, 1.82) is 0 Å². The molecule has 2 aromatic carbocycles. The molecule has 0 saturated carbocycles. The van der Waals surface area contributed by atoms with Crippen LogP contribution in [0.15, 0.2) is 54.6 Å². The van der Waals surface area contributed by atoms with Gasteiger partial charge in [-0.15, -0.1) is 0 Å². The zero-order chi connectivity index (χ0) is 22.7. The zero-order valence-corrected chi connectivity index (χ0v) is 19.7. The average Bonchev–Trinajstić information content (AvgIpc) is 2.82. The van der Waals surface area contributed by atoms with E-state index in [0.29, 0.717) is 5.75 Å². The van der Waals surface area contributed by atoms with Crippen molar-refractivity contribution in [3.05, 3.63) is 60.2 Å². The van der Waals surface area contributed by atoms with Gasteiger partial charge in [0.15, 0.2) is 0 Å². The standard InChI is InChI=1S/C28H40O4/c1-2-3-4-5-6-7-8-9-10-11-12-16-23-30-26-21-19-25(20-22-26)24-31-28(29)32-27-17-14-13-15-18-27/h13-15,17-22H,2-12,16,23-24H2,1H3. The summed E-state index contributed by atoms with van der Waals surface area (Å²) in [6, 6.07) is 16.6. The van der Waals surface area contributed by atoms with E-state index in [1.165, 1.54) is 70.6 Å². The number of carbonyl (C=O) groups excluding carboxylic acids is 1. The van der Waals surface area contributed by atoms with E-state index in [1.54, 1.807) is 24.3 Å². The van der Waals surface area contributed by atoms with Crippen molar-refractivity contribution in [1.82, 2.24) is 0 Å². The highest BCUT2D eigenvalue weighted by atomic mass is 16.7. The lowest BCUT2D eigenvalue weighted by atomic mass is 10.1. The van der Waals surface area contributed by atoms with E-state index < -0.39 is 6.16 Å². The molecule has 0 N–H and O–H groups in total. The number of hydrogen-bond acceptors (Lipinski definition) is 4. The second-order valence-electron chi connectivity index (χ2n) is 8.34. The third-order valence-corrected chi connectivity index (χ3v) is 5.49. The fraction of sp³-hybridized carbons (Fsp3) is 0.536. The Labute approximate surface area is 194 Å². The minimum Gasteiger partial charge on any atom is -0.494 e. The molecule has 0 radical (unpaired) electrons. The normalized spacial score (nSPS) is 10.7. The Kier molecular flexibility index (Phi) is 13.8. The predicted molar refractivity (Wildman–Crippen MR) is 130 cm³/mol. The van der Waals surface area contributed by atoms with E-state index in [1.807, 2.05) is 30.3 Å². The molecule has 0 aromatic heterocycles. The van der Waals surface area contributed by atoms with Crippen molar-refractivity contribution in [2.24, 2.45) is 0 Å². The maximum absolute atomic E-state index is 11.7. The van der Waals surface area contributed by atoms with Crippen molar-refractivity contribution in [2.75, 3.05) is 6.61 Å². The molecule has 0 aliphatic carbocycles. The third kappa shape index (κ3) is 12.4. The molecular weight excluding hydrogens is 400 g/mol. The smallest absolute Gasteiger partial charge is 0.494 e. The molecule has 0 aliphatic rings. The Bertz CT molecular complexity index is 712. The number of ether oxygens (including phenoxy) is 3. The highest BCUT2D eigenvalue weighted by molar-refractivity contribution is 5.63. The molecule has 0 bridgehead atoms. The van der Waals surface area contributed by atoms with Gasteiger partial charge in [0.25, 0.3) is 0 Å². The average molecular weight is 441 g/mol. The number of hydrogen-bond donors (Lipinski definition) is 0. The monoisotopic (exact) mass is 440 g/mol. The SMILES string of the molecule is CCCCCCCCCCCCCCOc1ccc(COC(=O)Oc2ccccc2)cc1. The summed E-state index contributed by atoms with van der Waals surface area (Å²) in [5.41, 5.74) is 0.896. The van der Waals surface area contributed by atoms with Crippen LogP contribution < -0.4 is 9.47 Å². The van der Waals surface area contributed by atoms with Gasteiger partial charge >= 0.3 is 6.16 Å². The van der Waals surface area contributed by atoms with E-state index in [2.05, 4.69) is 6.92 Å². The third-order valence-electron chi connectivity index (χ3n) is 5.49. The first-order valence-corrected chi connectivity index (χ1v) is 12.4.